The molecule has 4 aromatic rings. The molecule has 0 aromatic heterocycles. The third-order valence-corrected chi connectivity index (χ3v) is 7.36. The van der Waals surface area contributed by atoms with Crippen molar-refractivity contribution < 1.29 is 24.9 Å². The maximum atomic E-state index is 12.8. The molecule has 0 radical (unpaired) electrons. The fourth-order valence-corrected chi connectivity index (χ4v) is 5.38. The van der Waals surface area contributed by atoms with Crippen molar-refractivity contribution in [2.24, 2.45) is 0 Å². The smallest absolute Gasteiger partial charge is 0.335 e. The molecule has 7 heteroatoms. The first-order valence-electron chi connectivity index (χ1n) is 11.2. The van der Waals surface area contributed by atoms with Gasteiger partial charge >= 0.3 is 5.97 Å². The number of carbonyl (C=O) groups excluding carboxylic acids is 1. The predicted octanol–water partition coefficient (Wildman–Crippen LogP) is 5.12. The molecule has 0 fully saturated rings. The Balaban J connectivity index is 1.37. The normalized spacial score (nSPS) is 12.5. The monoisotopic (exact) mass is 485 g/mol. The zero-order valence-corrected chi connectivity index (χ0v) is 19.6. The Kier molecular flexibility index (Phi) is 6.09. The number of carbonyl (C=O) groups is 2. The topological polar surface area (TPSA) is 107 Å². The van der Waals surface area contributed by atoms with Crippen LogP contribution in [0.25, 0.3) is 10.8 Å². The van der Waals surface area contributed by atoms with Crippen LogP contribution in [0.1, 0.15) is 43.0 Å². The van der Waals surface area contributed by atoms with Gasteiger partial charge in [0.25, 0.3) is 5.91 Å². The fourth-order valence-electron chi connectivity index (χ4n) is 4.32. The minimum Gasteiger partial charge on any atom is -0.507 e. The SMILES string of the molecule is O=C(O)c1ccc(Cc2c(O)cc3ccc(C(=O)NCc4ccc5c(c4)CCS5)cc3c2O)cc1. The van der Waals surface area contributed by atoms with Crippen LogP contribution < -0.4 is 5.32 Å². The number of carboxylic acids is 1. The van der Waals surface area contributed by atoms with Gasteiger partial charge in [-0.3, -0.25) is 4.79 Å². The number of hydrogen-bond acceptors (Lipinski definition) is 5. The van der Waals surface area contributed by atoms with E-state index >= 15 is 0 Å². The molecule has 4 N–H and O–H groups in total. The van der Waals surface area contributed by atoms with Crippen LogP contribution in [0.15, 0.2) is 71.6 Å². The van der Waals surface area contributed by atoms with Crippen LogP contribution in [0.2, 0.25) is 0 Å². The molecule has 1 aliphatic rings. The van der Waals surface area contributed by atoms with Crippen molar-refractivity contribution in [2.45, 2.75) is 24.3 Å². The lowest BCUT2D eigenvalue weighted by Gasteiger charge is -2.13. The maximum Gasteiger partial charge on any atom is 0.335 e. The highest BCUT2D eigenvalue weighted by Gasteiger charge is 2.16. The van der Waals surface area contributed by atoms with Crippen molar-refractivity contribution in [3.05, 3.63) is 100 Å². The van der Waals surface area contributed by atoms with Crippen LogP contribution in [0.3, 0.4) is 0 Å². The largest absolute Gasteiger partial charge is 0.507 e. The van der Waals surface area contributed by atoms with Crippen LogP contribution in [-0.2, 0) is 19.4 Å². The second-order valence-corrected chi connectivity index (χ2v) is 9.70. The van der Waals surface area contributed by atoms with Gasteiger partial charge in [-0.1, -0.05) is 30.3 Å². The molecule has 5 rings (SSSR count). The Hall–Kier alpha value is -3.97. The number of aromatic carboxylic acids is 1. The summed E-state index contributed by atoms with van der Waals surface area (Å²) in [4.78, 5) is 25.2. The van der Waals surface area contributed by atoms with Gasteiger partial charge in [0.15, 0.2) is 0 Å². The number of nitrogens with one attached hydrogen (secondary N) is 1. The number of benzene rings is 4. The molecule has 0 bridgehead atoms. The molecule has 0 spiro atoms. The number of phenols is 2. The number of phenolic OH excluding ortho intramolecular Hbond substituents is 2. The Labute approximate surface area is 206 Å². The molecule has 176 valence electrons. The number of amides is 1. The van der Waals surface area contributed by atoms with E-state index < -0.39 is 5.97 Å². The number of carboxylic acid groups (broad SMARTS) is 1. The second-order valence-electron chi connectivity index (χ2n) is 8.56. The third kappa shape index (κ3) is 4.68. The van der Waals surface area contributed by atoms with Crippen molar-refractivity contribution in [1.82, 2.24) is 5.32 Å². The average Bonchev–Trinajstić information content (AvgIpc) is 3.33. The minimum atomic E-state index is -1.02. The molecule has 0 aliphatic carbocycles. The van der Waals surface area contributed by atoms with Gasteiger partial charge in [-0.2, -0.15) is 0 Å². The van der Waals surface area contributed by atoms with Crippen molar-refractivity contribution in [1.29, 1.82) is 0 Å². The first-order chi connectivity index (χ1) is 16.9. The summed E-state index contributed by atoms with van der Waals surface area (Å²) in [7, 11) is 0. The maximum absolute atomic E-state index is 12.8. The molecular formula is C28H23NO5S. The molecule has 0 saturated heterocycles. The van der Waals surface area contributed by atoms with Crippen LogP contribution in [0.4, 0.5) is 0 Å². The van der Waals surface area contributed by atoms with Gasteiger partial charge in [0, 0.05) is 40.1 Å². The van der Waals surface area contributed by atoms with Gasteiger partial charge in [-0.25, -0.2) is 4.79 Å². The summed E-state index contributed by atoms with van der Waals surface area (Å²) in [6.45, 7) is 0.411. The molecule has 0 atom stereocenters. The molecule has 0 saturated carbocycles. The molecule has 1 aliphatic heterocycles. The summed E-state index contributed by atoms with van der Waals surface area (Å²) in [5.41, 5.74) is 3.99. The van der Waals surface area contributed by atoms with Gasteiger partial charge in [0.1, 0.15) is 11.5 Å². The lowest BCUT2D eigenvalue weighted by molar-refractivity contribution is 0.0696. The highest BCUT2D eigenvalue weighted by molar-refractivity contribution is 7.99. The van der Waals surface area contributed by atoms with Crippen molar-refractivity contribution in [3.8, 4) is 11.5 Å². The first kappa shape index (κ1) is 22.8. The minimum absolute atomic E-state index is 0.0655. The van der Waals surface area contributed by atoms with Crippen LogP contribution in [-0.4, -0.2) is 32.9 Å². The number of aryl methyl sites for hydroxylation is 1. The molecular weight excluding hydrogens is 462 g/mol. The van der Waals surface area contributed by atoms with Crippen molar-refractivity contribution in [2.75, 3.05) is 5.75 Å². The molecule has 6 nitrogen and oxygen atoms in total. The van der Waals surface area contributed by atoms with E-state index in [0.29, 0.717) is 28.4 Å². The number of hydrogen-bond donors (Lipinski definition) is 4. The predicted molar refractivity (Wildman–Crippen MR) is 136 cm³/mol. The first-order valence-corrected chi connectivity index (χ1v) is 12.2. The van der Waals surface area contributed by atoms with Crippen molar-refractivity contribution >= 4 is 34.4 Å². The van der Waals surface area contributed by atoms with E-state index in [0.717, 1.165) is 23.3 Å². The molecule has 1 heterocycles. The summed E-state index contributed by atoms with van der Waals surface area (Å²) < 4.78 is 0. The van der Waals surface area contributed by atoms with E-state index in [4.69, 9.17) is 5.11 Å². The van der Waals surface area contributed by atoms with Gasteiger partial charge in [-0.15, -0.1) is 11.8 Å². The molecule has 4 aromatic carbocycles. The van der Waals surface area contributed by atoms with E-state index in [2.05, 4.69) is 17.4 Å². The Morgan fingerprint density at radius 1 is 0.886 bits per heavy atom. The van der Waals surface area contributed by atoms with Gasteiger partial charge in [-0.05, 0) is 64.9 Å². The standard InChI is InChI=1S/C28H23NO5S/c30-24-14-19-6-7-21(27(32)29-15-17-3-8-25-20(11-17)9-10-35-25)13-22(19)26(31)23(24)12-16-1-4-18(5-2-16)28(33)34/h1-8,11,13-14,30-31H,9-10,12,15H2,(H,29,32)(H,33,34). The quantitative estimate of drug-likeness (QED) is 0.302. The Morgan fingerprint density at radius 2 is 1.63 bits per heavy atom. The zero-order valence-electron chi connectivity index (χ0n) is 18.7. The summed E-state index contributed by atoms with van der Waals surface area (Å²) in [5, 5.41) is 34.5. The molecule has 1 amide bonds. The zero-order chi connectivity index (χ0) is 24.5. The lowest BCUT2D eigenvalue weighted by Crippen LogP contribution is -2.22. The van der Waals surface area contributed by atoms with E-state index in [1.54, 1.807) is 36.4 Å². The van der Waals surface area contributed by atoms with Crippen LogP contribution >= 0.6 is 11.8 Å². The Morgan fingerprint density at radius 3 is 2.40 bits per heavy atom. The van der Waals surface area contributed by atoms with Crippen molar-refractivity contribution in [3.63, 3.8) is 0 Å². The highest BCUT2D eigenvalue weighted by atomic mass is 32.2. The third-order valence-electron chi connectivity index (χ3n) is 6.25. The van der Waals surface area contributed by atoms with Gasteiger partial charge < -0.3 is 20.6 Å². The average molecular weight is 486 g/mol. The Bertz CT molecular complexity index is 1460. The second kappa shape index (κ2) is 9.35. The molecule has 35 heavy (non-hydrogen) atoms. The number of thioether (sulfide) groups is 1. The number of fused-ring (bicyclic) bond motifs is 2. The van der Waals surface area contributed by atoms with Crippen LogP contribution in [0, 0.1) is 0 Å². The van der Waals surface area contributed by atoms with Gasteiger partial charge in [0.05, 0.1) is 5.56 Å². The summed E-state index contributed by atoms with van der Waals surface area (Å²) in [6.07, 6.45) is 1.26. The van der Waals surface area contributed by atoms with Gasteiger partial charge in [0.2, 0.25) is 0 Å². The highest BCUT2D eigenvalue weighted by Crippen LogP contribution is 2.37. The summed E-state index contributed by atoms with van der Waals surface area (Å²) in [6, 6.07) is 19.1. The molecule has 0 unspecified atom stereocenters. The van der Waals surface area contributed by atoms with E-state index in [9.17, 15) is 19.8 Å². The summed E-state index contributed by atoms with van der Waals surface area (Å²) in [5.74, 6) is -0.344. The van der Waals surface area contributed by atoms with E-state index in [1.807, 2.05) is 17.8 Å². The van der Waals surface area contributed by atoms with E-state index in [-0.39, 0.29) is 29.4 Å². The number of aromatic hydroxyl groups is 2. The fraction of sp³-hybridized carbons (Fsp3) is 0.143. The van der Waals surface area contributed by atoms with Crippen LogP contribution in [0.5, 0.6) is 11.5 Å². The number of rotatable bonds is 6. The summed E-state index contributed by atoms with van der Waals surface area (Å²) >= 11 is 1.85. The lowest BCUT2D eigenvalue weighted by atomic mass is 9.96. The van der Waals surface area contributed by atoms with E-state index in [1.165, 1.54) is 22.6 Å².